The number of nitriles is 1. The van der Waals surface area contributed by atoms with Crippen LogP contribution in [0, 0.1) is 11.3 Å². The minimum Gasteiger partial charge on any atom is -0.483 e. The van der Waals surface area contributed by atoms with E-state index in [1.165, 1.54) is 0 Å². The Morgan fingerprint density at radius 3 is 2.95 bits per heavy atom. The molecule has 2 N–H and O–H groups in total. The monoisotopic (exact) mass is 281 g/mol. The lowest BCUT2D eigenvalue weighted by Crippen LogP contribution is -2.29. The van der Waals surface area contributed by atoms with Crippen molar-refractivity contribution in [2.75, 3.05) is 20.2 Å². The second-order valence-electron chi connectivity index (χ2n) is 3.92. The highest BCUT2D eigenvalue weighted by molar-refractivity contribution is 6.30. The Kier molecular flexibility index (Phi) is 6.13. The van der Waals surface area contributed by atoms with Crippen molar-refractivity contribution in [3.63, 3.8) is 0 Å². The zero-order valence-corrected chi connectivity index (χ0v) is 11.6. The van der Waals surface area contributed by atoms with E-state index in [1.54, 1.807) is 18.2 Å². The van der Waals surface area contributed by atoms with Crippen molar-refractivity contribution in [1.82, 2.24) is 10.6 Å². The molecule has 5 nitrogen and oxygen atoms in total. The summed E-state index contributed by atoms with van der Waals surface area (Å²) in [6.07, 6.45) is 0. The molecule has 1 unspecified atom stereocenters. The largest absolute Gasteiger partial charge is 0.483 e. The van der Waals surface area contributed by atoms with Crippen molar-refractivity contribution in [3.05, 3.63) is 28.8 Å². The first kappa shape index (κ1) is 15.3. The zero-order valence-electron chi connectivity index (χ0n) is 10.9. The number of hydrogen-bond donors (Lipinski definition) is 2. The van der Waals surface area contributed by atoms with Crippen molar-refractivity contribution in [3.8, 4) is 11.8 Å². The van der Waals surface area contributed by atoms with E-state index in [1.807, 2.05) is 20.0 Å². The molecule has 1 amide bonds. The smallest absolute Gasteiger partial charge is 0.258 e. The lowest BCUT2D eigenvalue weighted by Gasteiger charge is -2.16. The molecular formula is C13H16ClN3O2. The molecule has 0 aliphatic rings. The Labute approximate surface area is 117 Å². The van der Waals surface area contributed by atoms with Crippen molar-refractivity contribution >= 4 is 17.5 Å². The van der Waals surface area contributed by atoms with Crippen molar-refractivity contribution in [2.24, 2.45) is 0 Å². The third-order valence-electron chi connectivity index (χ3n) is 2.59. The number of hydrogen-bond acceptors (Lipinski definition) is 4. The van der Waals surface area contributed by atoms with Crippen LogP contribution in [0.5, 0.6) is 5.75 Å². The van der Waals surface area contributed by atoms with E-state index in [0.717, 1.165) is 5.56 Å². The van der Waals surface area contributed by atoms with E-state index in [4.69, 9.17) is 21.6 Å². The van der Waals surface area contributed by atoms with E-state index < -0.39 is 0 Å². The minimum absolute atomic E-state index is 0.0252. The van der Waals surface area contributed by atoms with Gasteiger partial charge in [-0.25, -0.2) is 0 Å². The SMILES string of the molecule is CNC(C)c1cc(Cl)ccc1OCC(=O)NCC#N. The first-order chi connectivity index (χ1) is 9.08. The fourth-order valence-electron chi connectivity index (χ4n) is 1.48. The normalized spacial score (nSPS) is 11.5. The molecule has 0 saturated carbocycles. The molecule has 1 rings (SSSR count). The third kappa shape index (κ3) is 4.78. The quantitative estimate of drug-likeness (QED) is 0.778. The van der Waals surface area contributed by atoms with E-state index >= 15 is 0 Å². The first-order valence-corrected chi connectivity index (χ1v) is 6.19. The maximum atomic E-state index is 11.4. The molecule has 0 bridgehead atoms. The number of nitrogens with one attached hydrogen (secondary N) is 2. The minimum atomic E-state index is -0.334. The summed E-state index contributed by atoms with van der Waals surface area (Å²) >= 11 is 5.95. The highest BCUT2D eigenvalue weighted by Crippen LogP contribution is 2.28. The van der Waals surface area contributed by atoms with Gasteiger partial charge in [0.1, 0.15) is 12.3 Å². The molecule has 6 heteroatoms. The zero-order chi connectivity index (χ0) is 14.3. The maximum absolute atomic E-state index is 11.4. The highest BCUT2D eigenvalue weighted by Gasteiger charge is 2.12. The van der Waals surface area contributed by atoms with Gasteiger partial charge in [0, 0.05) is 16.6 Å². The second kappa shape index (κ2) is 7.62. The standard InChI is InChI=1S/C13H16ClN3O2/c1-9(16-2)11-7-10(14)3-4-12(11)19-8-13(18)17-6-5-15/h3-4,7,9,16H,6,8H2,1-2H3,(H,17,18). The fraction of sp³-hybridized carbons (Fsp3) is 0.385. The number of ether oxygens (including phenoxy) is 1. The molecule has 1 aromatic rings. The van der Waals surface area contributed by atoms with Gasteiger partial charge in [-0.15, -0.1) is 0 Å². The van der Waals surface area contributed by atoms with Gasteiger partial charge >= 0.3 is 0 Å². The second-order valence-corrected chi connectivity index (χ2v) is 4.35. The van der Waals surface area contributed by atoms with Crippen LogP contribution in [0.4, 0.5) is 0 Å². The number of halogens is 1. The molecule has 102 valence electrons. The first-order valence-electron chi connectivity index (χ1n) is 5.81. The Morgan fingerprint density at radius 1 is 1.58 bits per heavy atom. The Balaban J connectivity index is 2.72. The van der Waals surface area contributed by atoms with E-state index in [9.17, 15) is 4.79 Å². The van der Waals surface area contributed by atoms with E-state index in [-0.39, 0.29) is 25.1 Å². The molecule has 0 spiro atoms. The highest BCUT2D eigenvalue weighted by atomic mass is 35.5. The third-order valence-corrected chi connectivity index (χ3v) is 2.83. The molecule has 1 atom stereocenters. The van der Waals surface area contributed by atoms with E-state index in [2.05, 4.69) is 10.6 Å². The molecule has 0 aromatic heterocycles. The maximum Gasteiger partial charge on any atom is 0.258 e. The molecular weight excluding hydrogens is 266 g/mol. The average molecular weight is 282 g/mol. The fourth-order valence-corrected chi connectivity index (χ4v) is 1.66. The predicted octanol–water partition coefficient (Wildman–Crippen LogP) is 1.64. The predicted molar refractivity (Wildman–Crippen MR) is 73.0 cm³/mol. The van der Waals surface area contributed by atoms with Gasteiger partial charge in [-0.3, -0.25) is 4.79 Å². The number of rotatable bonds is 6. The summed E-state index contributed by atoms with van der Waals surface area (Å²) < 4.78 is 5.45. The topological polar surface area (TPSA) is 74.2 Å². The molecule has 0 heterocycles. The lowest BCUT2D eigenvalue weighted by atomic mass is 10.1. The summed E-state index contributed by atoms with van der Waals surface area (Å²) in [5, 5.41) is 14.5. The van der Waals surface area contributed by atoms with Crippen LogP contribution in [0.3, 0.4) is 0 Å². The summed E-state index contributed by atoms with van der Waals surface area (Å²) in [5.41, 5.74) is 0.878. The van der Waals surface area contributed by atoms with E-state index in [0.29, 0.717) is 10.8 Å². The molecule has 0 aliphatic carbocycles. The van der Waals surface area contributed by atoms with Crippen LogP contribution in [0.2, 0.25) is 5.02 Å². The van der Waals surface area contributed by atoms with Crippen LogP contribution in [0.25, 0.3) is 0 Å². The van der Waals surface area contributed by atoms with Crippen LogP contribution in [-0.2, 0) is 4.79 Å². The summed E-state index contributed by atoms with van der Waals surface area (Å²) in [6, 6.07) is 7.11. The van der Waals surface area contributed by atoms with Crippen LogP contribution in [0.15, 0.2) is 18.2 Å². The van der Waals surface area contributed by atoms with Crippen molar-refractivity contribution in [1.29, 1.82) is 5.26 Å². The average Bonchev–Trinajstić information content (AvgIpc) is 2.42. The Bertz CT molecular complexity index is 485. The Hall–Kier alpha value is -1.77. The number of nitrogens with zero attached hydrogens (tertiary/aromatic N) is 1. The van der Waals surface area contributed by atoms with Gasteiger partial charge in [-0.05, 0) is 32.2 Å². The van der Waals surface area contributed by atoms with Crippen LogP contribution in [0.1, 0.15) is 18.5 Å². The van der Waals surface area contributed by atoms with Gasteiger partial charge < -0.3 is 15.4 Å². The summed E-state index contributed by atoms with van der Waals surface area (Å²) in [7, 11) is 1.83. The van der Waals surface area contributed by atoms with Gasteiger partial charge in [0.05, 0.1) is 6.07 Å². The van der Waals surface area contributed by atoms with Gasteiger partial charge in [-0.1, -0.05) is 11.6 Å². The molecule has 0 saturated heterocycles. The van der Waals surface area contributed by atoms with Crippen molar-refractivity contribution < 1.29 is 9.53 Å². The van der Waals surface area contributed by atoms with Gasteiger partial charge in [0.25, 0.3) is 5.91 Å². The summed E-state index contributed by atoms with van der Waals surface area (Å²) in [4.78, 5) is 11.4. The van der Waals surface area contributed by atoms with Gasteiger partial charge in [-0.2, -0.15) is 5.26 Å². The molecule has 1 aromatic carbocycles. The van der Waals surface area contributed by atoms with Crippen molar-refractivity contribution in [2.45, 2.75) is 13.0 Å². The van der Waals surface area contributed by atoms with Crippen LogP contribution in [-0.4, -0.2) is 26.1 Å². The number of amides is 1. The number of carbonyl (C=O) groups excluding carboxylic acids is 1. The summed E-state index contributed by atoms with van der Waals surface area (Å²) in [6.45, 7) is 1.81. The molecule has 0 aliphatic heterocycles. The molecule has 0 radical (unpaired) electrons. The van der Waals surface area contributed by atoms with Crippen LogP contribution < -0.4 is 15.4 Å². The molecule has 0 fully saturated rings. The number of benzene rings is 1. The summed E-state index contributed by atoms with van der Waals surface area (Å²) in [5.74, 6) is 0.262. The Morgan fingerprint density at radius 2 is 2.32 bits per heavy atom. The number of carbonyl (C=O) groups is 1. The van der Waals surface area contributed by atoms with Crippen LogP contribution >= 0.6 is 11.6 Å². The van der Waals surface area contributed by atoms with Gasteiger partial charge in [0.15, 0.2) is 6.61 Å². The van der Waals surface area contributed by atoms with Gasteiger partial charge in [0.2, 0.25) is 0 Å². The molecule has 19 heavy (non-hydrogen) atoms. The lowest BCUT2D eigenvalue weighted by molar-refractivity contribution is -0.122.